The van der Waals surface area contributed by atoms with Gasteiger partial charge in [-0.3, -0.25) is 4.79 Å². The minimum atomic E-state index is 0. The van der Waals surface area contributed by atoms with Gasteiger partial charge in [0.15, 0.2) is 0 Å². The smallest absolute Gasteiger partial charge is 0.220 e. The highest BCUT2D eigenvalue weighted by molar-refractivity contribution is 5.85. The molecule has 0 aliphatic carbocycles. The van der Waals surface area contributed by atoms with Crippen LogP contribution in [-0.2, 0) is 11.3 Å². The molecule has 1 amide bonds. The van der Waals surface area contributed by atoms with Gasteiger partial charge in [0.05, 0.1) is 0 Å². The number of aryl methyl sites for hydroxylation is 1. The van der Waals surface area contributed by atoms with Gasteiger partial charge in [-0.1, -0.05) is 6.92 Å². The molecule has 2 aliphatic rings. The lowest BCUT2D eigenvalue weighted by Crippen LogP contribution is -2.40. The third-order valence-corrected chi connectivity index (χ3v) is 5.12. The van der Waals surface area contributed by atoms with E-state index in [1.54, 1.807) is 0 Å². The molecule has 0 spiro atoms. The molecule has 3 heterocycles. The standard InChI is InChI=1S/C17H28N4O.2ClH/c1-12(11-21-6-5-18-13(21)2)10-19-17(22)9-14-7-15-3-4-16(8-14)20-15;;/h5-6,12,14-16,20H,3-4,7-11H2,1-2H3,(H,19,22);2*1H. The lowest BCUT2D eigenvalue weighted by molar-refractivity contribution is -0.122. The number of rotatable bonds is 6. The fourth-order valence-corrected chi connectivity index (χ4v) is 3.96. The molecule has 2 bridgehead atoms. The highest BCUT2D eigenvalue weighted by Gasteiger charge is 2.34. The second-order valence-corrected chi connectivity index (χ2v) is 7.22. The van der Waals surface area contributed by atoms with Crippen molar-refractivity contribution in [1.82, 2.24) is 20.2 Å². The van der Waals surface area contributed by atoms with Crippen molar-refractivity contribution in [2.24, 2.45) is 11.8 Å². The number of piperidine rings is 1. The zero-order valence-electron chi connectivity index (χ0n) is 14.5. The SMILES string of the molecule is Cc1nccn1CC(C)CNC(=O)CC1CC2CCC(C1)N2.Cl.Cl. The number of imidazole rings is 1. The molecule has 5 nitrogen and oxygen atoms in total. The molecule has 3 unspecified atom stereocenters. The Hall–Kier alpha value is -0.780. The zero-order valence-corrected chi connectivity index (χ0v) is 16.2. The first-order valence-corrected chi connectivity index (χ1v) is 8.60. The highest BCUT2D eigenvalue weighted by atomic mass is 35.5. The van der Waals surface area contributed by atoms with Crippen LogP contribution in [-0.4, -0.2) is 34.1 Å². The Labute approximate surface area is 157 Å². The molecule has 1 aromatic heterocycles. The number of hydrogen-bond donors (Lipinski definition) is 2. The summed E-state index contributed by atoms with van der Waals surface area (Å²) in [5.74, 6) is 2.25. The summed E-state index contributed by atoms with van der Waals surface area (Å²) < 4.78 is 2.14. The largest absolute Gasteiger partial charge is 0.356 e. The van der Waals surface area contributed by atoms with E-state index in [2.05, 4.69) is 27.1 Å². The predicted molar refractivity (Wildman–Crippen MR) is 101 cm³/mol. The molecular weight excluding hydrogens is 347 g/mol. The first-order chi connectivity index (χ1) is 10.6. The fourth-order valence-electron chi connectivity index (χ4n) is 3.96. The summed E-state index contributed by atoms with van der Waals surface area (Å²) in [7, 11) is 0. The number of carbonyl (C=O) groups excluding carboxylic acids is 1. The molecule has 2 fully saturated rings. The fraction of sp³-hybridized carbons (Fsp3) is 0.765. The van der Waals surface area contributed by atoms with E-state index in [0.717, 1.165) is 18.9 Å². The summed E-state index contributed by atoms with van der Waals surface area (Å²) in [4.78, 5) is 16.4. The zero-order chi connectivity index (χ0) is 15.5. The topological polar surface area (TPSA) is 59.0 Å². The summed E-state index contributed by atoms with van der Waals surface area (Å²) in [6, 6.07) is 1.33. The molecule has 138 valence electrons. The van der Waals surface area contributed by atoms with E-state index in [1.807, 2.05) is 19.3 Å². The summed E-state index contributed by atoms with van der Waals surface area (Å²) in [6.07, 6.45) is 9.46. The Morgan fingerprint density at radius 1 is 1.38 bits per heavy atom. The van der Waals surface area contributed by atoms with E-state index in [0.29, 0.717) is 30.3 Å². The Bertz CT molecular complexity index is 510. The number of amides is 1. The number of hydrogen-bond acceptors (Lipinski definition) is 3. The number of aromatic nitrogens is 2. The van der Waals surface area contributed by atoms with E-state index in [4.69, 9.17) is 0 Å². The van der Waals surface area contributed by atoms with Crippen LogP contribution in [0.5, 0.6) is 0 Å². The van der Waals surface area contributed by atoms with Crippen LogP contribution in [0.1, 0.15) is 44.9 Å². The molecule has 7 heteroatoms. The van der Waals surface area contributed by atoms with Crippen LogP contribution in [0.4, 0.5) is 0 Å². The summed E-state index contributed by atoms with van der Waals surface area (Å²) in [6.45, 7) is 5.83. The van der Waals surface area contributed by atoms with E-state index >= 15 is 0 Å². The van der Waals surface area contributed by atoms with Crippen molar-refractivity contribution in [2.75, 3.05) is 6.54 Å². The molecule has 0 radical (unpaired) electrons. The number of carbonyl (C=O) groups is 1. The third-order valence-electron chi connectivity index (χ3n) is 5.12. The average molecular weight is 377 g/mol. The van der Waals surface area contributed by atoms with Crippen molar-refractivity contribution >= 4 is 30.7 Å². The van der Waals surface area contributed by atoms with E-state index in [1.165, 1.54) is 25.7 Å². The maximum absolute atomic E-state index is 12.2. The summed E-state index contributed by atoms with van der Waals surface area (Å²) in [5, 5.41) is 6.75. The highest BCUT2D eigenvalue weighted by Crippen LogP contribution is 2.32. The van der Waals surface area contributed by atoms with Gasteiger partial charge >= 0.3 is 0 Å². The van der Waals surface area contributed by atoms with Crippen LogP contribution >= 0.6 is 24.8 Å². The van der Waals surface area contributed by atoms with Gasteiger partial charge in [0.25, 0.3) is 0 Å². The molecule has 0 saturated carbocycles. The second kappa shape index (κ2) is 9.64. The van der Waals surface area contributed by atoms with Gasteiger partial charge in [-0.05, 0) is 44.4 Å². The molecule has 2 aliphatic heterocycles. The minimum Gasteiger partial charge on any atom is -0.356 e. The Balaban J connectivity index is 0.00000144. The van der Waals surface area contributed by atoms with Crippen molar-refractivity contribution in [1.29, 1.82) is 0 Å². The van der Waals surface area contributed by atoms with Gasteiger partial charge in [-0.2, -0.15) is 0 Å². The van der Waals surface area contributed by atoms with Crippen LogP contribution in [0.25, 0.3) is 0 Å². The molecule has 3 rings (SSSR count). The van der Waals surface area contributed by atoms with E-state index in [9.17, 15) is 4.79 Å². The molecule has 1 aromatic rings. The van der Waals surface area contributed by atoms with Crippen LogP contribution in [0.15, 0.2) is 12.4 Å². The average Bonchev–Trinajstić information content (AvgIpc) is 3.03. The lowest BCUT2D eigenvalue weighted by atomic mass is 9.89. The number of halogens is 2. The maximum Gasteiger partial charge on any atom is 0.220 e. The molecule has 24 heavy (non-hydrogen) atoms. The van der Waals surface area contributed by atoms with Gasteiger partial charge in [0.1, 0.15) is 5.82 Å². The van der Waals surface area contributed by atoms with Crippen molar-refractivity contribution in [2.45, 2.75) is 64.6 Å². The Morgan fingerprint density at radius 3 is 2.62 bits per heavy atom. The van der Waals surface area contributed by atoms with Crippen molar-refractivity contribution < 1.29 is 4.79 Å². The monoisotopic (exact) mass is 376 g/mol. The van der Waals surface area contributed by atoms with Crippen molar-refractivity contribution in [3.63, 3.8) is 0 Å². The molecule has 3 atom stereocenters. The third kappa shape index (κ3) is 5.64. The van der Waals surface area contributed by atoms with Crippen LogP contribution < -0.4 is 10.6 Å². The summed E-state index contributed by atoms with van der Waals surface area (Å²) in [5.41, 5.74) is 0. The maximum atomic E-state index is 12.2. The quantitative estimate of drug-likeness (QED) is 0.802. The molecule has 2 saturated heterocycles. The first kappa shape index (κ1) is 21.3. The van der Waals surface area contributed by atoms with Gasteiger partial charge in [0.2, 0.25) is 5.91 Å². The van der Waals surface area contributed by atoms with Gasteiger partial charge < -0.3 is 15.2 Å². The van der Waals surface area contributed by atoms with Crippen LogP contribution in [0.2, 0.25) is 0 Å². The summed E-state index contributed by atoms with van der Waals surface area (Å²) >= 11 is 0. The number of nitrogens with zero attached hydrogens (tertiary/aromatic N) is 2. The minimum absolute atomic E-state index is 0. The Morgan fingerprint density at radius 2 is 2.04 bits per heavy atom. The van der Waals surface area contributed by atoms with Gasteiger partial charge in [-0.25, -0.2) is 4.98 Å². The molecule has 0 aromatic carbocycles. The normalized spacial score (nSPS) is 26.2. The first-order valence-electron chi connectivity index (χ1n) is 8.60. The van der Waals surface area contributed by atoms with Crippen LogP contribution in [0.3, 0.4) is 0 Å². The molecule has 2 N–H and O–H groups in total. The predicted octanol–water partition coefficient (Wildman–Crippen LogP) is 2.71. The van der Waals surface area contributed by atoms with Crippen molar-refractivity contribution in [3.8, 4) is 0 Å². The Kier molecular flexibility index (Phi) is 8.54. The van der Waals surface area contributed by atoms with Gasteiger partial charge in [-0.15, -0.1) is 24.8 Å². The van der Waals surface area contributed by atoms with Crippen LogP contribution in [0, 0.1) is 18.8 Å². The van der Waals surface area contributed by atoms with E-state index in [-0.39, 0.29) is 30.7 Å². The van der Waals surface area contributed by atoms with Crippen molar-refractivity contribution in [3.05, 3.63) is 18.2 Å². The lowest BCUT2D eigenvalue weighted by Gasteiger charge is -2.28. The number of nitrogens with one attached hydrogen (secondary N) is 2. The number of fused-ring (bicyclic) bond motifs is 2. The van der Waals surface area contributed by atoms with Gasteiger partial charge in [0, 0.05) is 44.0 Å². The molecular formula is C17H30Cl2N4O. The van der Waals surface area contributed by atoms with E-state index < -0.39 is 0 Å². The second-order valence-electron chi connectivity index (χ2n) is 7.22.